The second-order valence-electron chi connectivity index (χ2n) is 7.87. The van der Waals surface area contributed by atoms with Crippen LogP contribution in [0.2, 0.25) is 11.5 Å². The first kappa shape index (κ1) is 22.4. The van der Waals surface area contributed by atoms with Crippen molar-refractivity contribution in [2.45, 2.75) is 76.2 Å². The monoisotopic (exact) mass is 557 g/mol. The topological polar surface area (TPSA) is 0 Å². The van der Waals surface area contributed by atoms with Gasteiger partial charge in [-0.3, -0.25) is 0 Å². The number of hydrogen-bond donors (Lipinski definition) is 0. The fourth-order valence-electron chi connectivity index (χ4n) is 5.27. The van der Waals surface area contributed by atoms with E-state index < -0.39 is 21.4 Å². The van der Waals surface area contributed by atoms with Gasteiger partial charge in [0.1, 0.15) is 0 Å². The first-order valence-electron chi connectivity index (χ1n) is 10.2. The quantitative estimate of drug-likeness (QED) is 0.355. The second-order valence-corrected chi connectivity index (χ2v) is 18.3. The molecule has 2 unspecified atom stereocenters. The van der Waals surface area contributed by atoms with E-state index in [1.807, 2.05) is 11.1 Å². The van der Waals surface area contributed by atoms with Crippen LogP contribution in [-0.4, -0.2) is 0 Å². The molecule has 4 rings (SSSR count). The van der Waals surface area contributed by atoms with Crippen molar-refractivity contribution in [2.75, 3.05) is 0 Å². The Bertz CT molecular complexity index is 591. The Labute approximate surface area is 180 Å². The third-order valence-corrected chi connectivity index (χ3v) is 19.2. The first-order valence-corrected chi connectivity index (χ1v) is 16.8. The van der Waals surface area contributed by atoms with Gasteiger partial charge in [-0.15, -0.1) is 0 Å². The molecule has 0 aromatic rings. The van der Waals surface area contributed by atoms with Crippen LogP contribution in [0.1, 0.15) is 64.7 Å². The summed E-state index contributed by atoms with van der Waals surface area (Å²) in [6.45, 7) is 2.18. The molecule has 0 spiro atoms. The van der Waals surface area contributed by atoms with Crippen LogP contribution in [0.3, 0.4) is 0 Å². The zero-order valence-corrected chi connectivity index (χ0v) is 21.1. The van der Waals surface area contributed by atoms with E-state index in [1.165, 1.54) is 57.8 Å². The van der Waals surface area contributed by atoms with E-state index in [0.29, 0.717) is 0 Å². The molecule has 0 saturated carbocycles. The number of rotatable bonds is 5. The third kappa shape index (κ3) is 4.58. The van der Waals surface area contributed by atoms with E-state index in [4.69, 9.17) is 0 Å². The molecule has 26 heavy (non-hydrogen) atoms. The molecule has 4 aliphatic rings. The van der Waals surface area contributed by atoms with Crippen molar-refractivity contribution in [3.8, 4) is 0 Å². The van der Waals surface area contributed by atoms with Gasteiger partial charge in [0.2, 0.25) is 0 Å². The van der Waals surface area contributed by atoms with E-state index in [2.05, 4.69) is 43.4 Å². The minimum Gasteiger partial charge on any atom is -1.00 e. The second kappa shape index (κ2) is 10.6. The fraction of sp³-hybridized carbons (Fsp3) is 0.565. The molecule has 0 bridgehead atoms. The molecule has 0 amide bonds. The molecule has 0 aromatic heterocycles. The van der Waals surface area contributed by atoms with Crippen LogP contribution in [0.15, 0.2) is 58.7 Å². The third-order valence-electron chi connectivity index (χ3n) is 6.47. The van der Waals surface area contributed by atoms with E-state index in [0.717, 1.165) is 7.35 Å². The largest absolute Gasteiger partial charge is 1.00 e. The minimum atomic E-state index is -1.80. The van der Waals surface area contributed by atoms with Crippen molar-refractivity contribution in [3.63, 3.8) is 0 Å². The molecule has 0 aromatic carbocycles. The summed E-state index contributed by atoms with van der Waals surface area (Å²) < 4.78 is 3.41. The maximum absolute atomic E-state index is 2.67. The zero-order chi connectivity index (χ0) is 16.4. The standard InChI is InChI=1S/2C9H11.C5H9.2ClH.Hf/c2*1-2-5-9-7-3-6-8(9)4-1;1-3-5-4-2;;;/h2*3,6-7H,1-2,4-5H2;4-5H,1,3H2,2H3;2*1H;/q;;;;;+2/p-2. The van der Waals surface area contributed by atoms with E-state index in [-0.39, 0.29) is 24.8 Å². The zero-order valence-electron chi connectivity index (χ0n) is 15.9. The van der Waals surface area contributed by atoms with Crippen molar-refractivity contribution in [2.24, 2.45) is 0 Å². The van der Waals surface area contributed by atoms with Gasteiger partial charge in [0, 0.05) is 0 Å². The van der Waals surface area contributed by atoms with Crippen LogP contribution >= 0.6 is 0 Å². The Balaban J connectivity index is 0.00000121. The summed E-state index contributed by atoms with van der Waals surface area (Å²) in [6.07, 6.45) is 27.7. The van der Waals surface area contributed by atoms with E-state index in [1.54, 1.807) is 15.3 Å². The van der Waals surface area contributed by atoms with Crippen LogP contribution in [0.5, 0.6) is 0 Å². The Morgan fingerprint density at radius 1 is 0.846 bits per heavy atom. The Kier molecular flexibility index (Phi) is 9.17. The molecule has 0 saturated heterocycles. The van der Waals surface area contributed by atoms with Crippen LogP contribution < -0.4 is 24.8 Å². The molecule has 0 nitrogen and oxygen atoms in total. The molecule has 0 heterocycles. The molecular weight excluding hydrogens is 526 g/mol. The van der Waals surface area contributed by atoms with E-state index in [9.17, 15) is 0 Å². The number of allylic oxidation sites excluding steroid dienone is 10. The molecule has 4 aliphatic carbocycles. The van der Waals surface area contributed by atoms with Gasteiger partial charge in [-0.2, -0.15) is 0 Å². The average Bonchev–Trinajstić information content (AvgIpc) is 3.24. The molecule has 0 N–H and O–H groups in total. The summed E-state index contributed by atoms with van der Waals surface area (Å²) in [5.41, 5.74) is 7.31. The fourth-order valence-corrected chi connectivity index (χ4v) is 18.7. The summed E-state index contributed by atoms with van der Waals surface area (Å²) in [5, 5.41) is 0. The van der Waals surface area contributed by atoms with Crippen LogP contribution in [0, 0.1) is 0 Å². The van der Waals surface area contributed by atoms with Gasteiger partial charge in [0.25, 0.3) is 0 Å². The van der Waals surface area contributed by atoms with Crippen molar-refractivity contribution in [1.29, 1.82) is 0 Å². The molecule has 2 atom stereocenters. The Morgan fingerprint density at radius 3 is 1.85 bits per heavy atom. The number of hydrogen-bond acceptors (Lipinski definition) is 0. The summed E-state index contributed by atoms with van der Waals surface area (Å²) in [4.78, 5) is 0. The predicted octanol–water partition coefficient (Wildman–Crippen LogP) is 1.45. The van der Waals surface area contributed by atoms with Gasteiger partial charge >= 0.3 is 156 Å². The van der Waals surface area contributed by atoms with Gasteiger partial charge in [-0.05, 0) is 0 Å². The van der Waals surface area contributed by atoms with Crippen molar-refractivity contribution >= 4 is 0 Å². The normalized spacial score (nSPS) is 26.7. The smallest absolute Gasteiger partial charge is 1.00 e. The molecule has 141 valence electrons. The summed E-state index contributed by atoms with van der Waals surface area (Å²) >= 11 is -1.80. The van der Waals surface area contributed by atoms with E-state index >= 15 is 0 Å². The first-order chi connectivity index (χ1) is 11.9. The van der Waals surface area contributed by atoms with Crippen LogP contribution in [-0.2, 0) is 21.4 Å². The molecule has 0 fully saturated rings. The Morgan fingerprint density at radius 2 is 1.35 bits per heavy atom. The summed E-state index contributed by atoms with van der Waals surface area (Å²) in [6, 6.07) is 0. The number of halogens is 2. The van der Waals surface area contributed by atoms with Crippen LogP contribution in [0.25, 0.3) is 0 Å². The summed E-state index contributed by atoms with van der Waals surface area (Å²) in [7, 11) is 0. The maximum atomic E-state index is 2.67. The average molecular weight is 557 g/mol. The van der Waals surface area contributed by atoms with Gasteiger partial charge in [0.15, 0.2) is 0 Å². The molecule has 0 radical (unpaired) electrons. The van der Waals surface area contributed by atoms with Gasteiger partial charge < -0.3 is 24.8 Å². The molecular formula is C23H31Cl2Hf. The van der Waals surface area contributed by atoms with Crippen molar-refractivity contribution < 1.29 is 46.3 Å². The minimum absolute atomic E-state index is 0. The maximum Gasteiger partial charge on any atom is -1.00 e. The SMILES string of the molecule is CC=CC[CH2][Hf+2]([CH]1C=CC2=C1CCCC2)[CH]1C=CC2=C1CCCC2.[Cl-].[Cl-]. The van der Waals surface area contributed by atoms with Gasteiger partial charge in [-0.1, -0.05) is 0 Å². The Hall–Kier alpha value is 0.150. The molecule has 0 aliphatic heterocycles. The van der Waals surface area contributed by atoms with Crippen molar-refractivity contribution in [1.82, 2.24) is 0 Å². The molecule has 3 heteroatoms. The van der Waals surface area contributed by atoms with Crippen LogP contribution in [0.4, 0.5) is 0 Å². The van der Waals surface area contributed by atoms with Gasteiger partial charge in [0.05, 0.1) is 0 Å². The summed E-state index contributed by atoms with van der Waals surface area (Å²) in [5.74, 6) is 0. The van der Waals surface area contributed by atoms with Gasteiger partial charge in [-0.25, -0.2) is 0 Å². The predicted molar refractivity (Wildman–Crippen MR) is 101 cm³/mol. The van der Waals surface area contributed by atoms with Crippen molar-refractivity contribution in [3.05, 3.63) is 58.7 Å².